The highest BCUT2D eigenvalue weighted by Gasteiger charge is 2.24. The van der Waals surface area contributed by atoms with Crippen molar-refractivity contribution in [2.45, 2.75) is 33.7 Å². The Morgan fingerprint density at radius 2 is 2.06 bits per heavy atom. The summed E-state index contributed by atoms with van der Waals surface area (Å²) in [6.45, 7) is 8.94. The second-order valence-corrected chi connectivity index (χ2v) is 5.93. The van der Waals surface area contributed by atoms with Gasteiger partial charge in [0, 0.05) is 19.6 Å². The third-order valence-corrected chi connectivity index (χ3v) is 3.58. The highest BCUT2D eigenvalue weighted by atomic mass is 32.1. The van der Waals surface area contributed by atoms with Gasteiger partial charge in [0.1, 0.15) is 10.7 Å². The molecular weight excluding hydrogens is 248 g/mol. The molecule has 1 aromatic rings. The Bertz CT molecular complexity index is 414. The Balaban J connectivity index is 2.97. The van der Waals surface area contributed by atoms with Gasteiger partial charge in [0.25, 0.3) is 5.91 Å². The molecule has 0 spiro atoms. The number of hydrogen-bond acceptors (Lipinski definition) is 5. The molecule has 0 fully saturated rings. The van der Waals surface area contributed by atoms with Crippen molar-refractivity contribution < 1.29 is 4.79 Å². The number of hydrogen-bond donors (Lipinski definition) is 2. The summed E-state index contributed by atoms with van der Waals surface area (Å²) in [6.07, 6.45) is 0. The summed E-state index contributed by atoms with van der Waals surface area (Å²) in [5, 5.41) is 3.58. The van der Waals surface area contributed by atoms with E-state index in [4.69, 9.17) is 5.73 Å². The predicted molar refractivity (Wildman–Crippen MR) is 77.1 cm³/mol. The summed E-state index contributed by atoms with van der Waals surface area (Å²) in [7, 11) is 1.76. The molecular formula is C12H22N4OS. The molecule has 1 heterocycles. The van der Waals surface area contributed by atoms with E-state index in [1.807, 2.05) is 18.7 Å². The first-order valence-corrected chi connectivity index (χ1v) is 6.93. The summed E-state index contributed by atoms with van der Waals surface area (Å²) < 4.78 is 0. The standard InChI is InChI=1S/C12H22N4OS/c1-7(2)6-16(8(3)4)11(17)9-10(13)15-12(14-5)18-9/h7-8H,6,13H2,1-5H3,(H,14,15). The smallest absolute Gasteiger partial charge is 0.268 e. The monoisotopic (exact) mass is 270 g/mol. The van der Waals surface area contributed by atoms with E-state index in [2.05, 4.69) is 24.1 Å². The van der Waals surface area contributed by atoms with Crippen molar-refractivity contribution in [3.8, 4) is 0 Å². The molecule has 1 rings (SSSR count). The van der Waals surface area contributed by atoms with Crippen molar-refractivity contribution in [3.05, 3.63) is 4.88 Å². The molecule has 0 bridgehead atoms. The number of thiazole rings is 1. The zero-order valence-corrected chi connectivity index (χ0v) is 12.5. The van der Waals surface area contributed by atoms with Crippen LogP contribution in [0.1, 0.15) is 37.4 Å². The van der Waals surface area contributed by atoms with Crippen LogP contribution in [0.25, 0.3) is 0 Å². The van der Waals surface area contributed by atoms with Gasteiger partial charge in [0.2, 0.25) is 0 Å². The lowest BCUT2D eigenvalue weighted by atomic mass is 10.1. The number of nitrogens with two attached hydrogens (primary N) is 1. The van der Waals surface area contributed by atoms with Crippen LogP contribution in [0.5, 0.6) is 0 Å². The van der Waals surface area contributed by atoms with Gasteiger partial charge in [-0.3, -0.25) is 4.79 Å². The molecule has 0 atom stereocenters. The number of anilines is 2. The first-order chi connectivity index (χ1) is 8.36. The van der Waals surface area contributed by atoms with E-state index < -0.39 is 0 Å². The van der Waals surface area contributed by atoms with E-state index in [-0.39, 0.29) is 11.9 Å². The van der Waals surface area contributed by atoms with Gasteiger partial charge in [-0.1, -0.05) is 25.2 Å². The second kappa shape index (κ2) is 6.04. The highest BCUT2D eigenvalue weighted by Crippen LogP contribution is 2.26. The molecule has 0 aliphatic carbocycles. The largest absolute Gasteiger partial charge is 0.382 e. The molecule has 0 aliphatic heterocycles. The molecule has 1 aromatic heterocycles. The third-order valence-electron chi connectivity index (χ3n) is 2.51. The van der Waals surface area contributed by atoms with Crippen LogP contribution in [-0.2, 0) is 0 Å². The van der Waals surface area contributed by atoms with E-state index in [9.17, 15) is 4.79 Å². The summed E-state index contributed by atoms with van der Waals surface area (Å²) in [5.41, 5.74) is 5.80. The van der Waals surface area contributed by atoms with Crippen LogP contribution in [0, 0.1) is 5.92 Å². The average Bonchev–Trinajstić information content (AvgIpc) is 2.66. The minimum atomic E-state index is -0.0322. The lowest BCUT2D eigenvalue weighted by molar-refractivity contribution is 0.0688. The summed E-state index contributed by atoms with van der Waals surface area (Å²) in [6, 6.07) is 0.152. The molecule has 0 unspecified atom stereocenters. The van der Waals surface area contributed by atoms with Gasteiger partial charge in [-0.05, 0) is 19.8 Å². The minimum Gasteiger partial charge on any atom is -0.382 e. The average molecular weight is 270 g/mol. The minimum absolute atomic E-state index is 0.0322. The zero-order valence-electron chi connectivity index (χ0n) is 11.7. The van der Waals surface area contributed by atoms with E-state index in [1.54, 1.807) is 7.05 Å². The normalized spacial score (nSPS) is 11.1. The molecule has 3 N–H and O–H groups in total. The van der Waals surface area contributed by atoms with E-state index in [0.29, 0.717) is 21.7 Å². The van der Waals surface area contributed by atoms with Crippen molar-refractivity contribution in [2.75, 3.05) is 24.6 Å². The number of aromatic nitrogens is 1. The van der Waals surface area contributed by atoms with Gasteiger partial charge in [0.15, 0.2) is 5.13 Å². The van der Waals surface area contributed by atoms with E-state index in [0.717, 1.165) is 6.54 Å². The lowest BCUT2D eigenvalue weighted by Crippen LogP contribution is -2.39. The first-order valence-electron chi connectivity index (χ1n) is 6.11. The molecule has 5 nitrogen and oxygen atoms in total. The molecule has 0 radical (unpaired) electrons. The topological polar surface area (TPSA) is 71.2 Å². The molecule has 0 aromatic carbocycles. The number of carbonyl (C=O) groups is 1. The number of nitrogens with zero attached hydrogens (tertiary/aromatic N) is 2. The van der Waals surface area contributed by atoms with Crippen molar-refractivity contribution >= 4 is 28.2 Å². The van der Waals surface area contributed by atoms with Gasteiger partial charge >= 0.3 is 0 Å². The van der Waals surface area contributed by atoms with Crippen LogP contribution >= 0.6 is 11.3 Å². The molecule has 18 heavy (non-hydrogen) atoms. The Hall–Kier alpha value is -1.30. The fourth-order valence-electron chi connectivity index (χ4n) is 1.64. The molecule has 0 saturated heterocycles. The molecule has 0 aliphatic rings. The van der Waals surface area contributed by atoms with Crippen molar-refractivity contribution in [1.82, 2.24) is 9.88 Å². The third kappa shape index (κ3) is 3.35. The van der Waals surface area contributed by atoms with Crippen molar-refractivity contribution in [2.24, 2.45) is 5.92 Å². The maximum Gasteiger partial charge on any atom is 0.268 e. The fourth-order valence-corrected chi connectivity index (χ4v) is 2.44. The fraction of sp³-hybridized carbons (Fsp3) is 0.667. The lowest BCUT2D eigenvalue weighted by Gasteiger charge is -2.28. The Kier molecular flexibility index (Phi) is 4.95. The van der Waals surface area contributed by atoms with Crippen LogP contribution in [0.3, 0.4) is 0 Å². The zero-order chi connectivity index (χ0) is 13.9. The van der Waals surface area contributed by atoms with Crippen molar-refractivity contribution in [1.29, 1.82) is 0 Å². The van der Waals surface area contributed by atoms with Crippen LogP contribution in [-0.4, -0.2) is 35.4 Å². The van der Waals surface area contributed by atoms with Gasteiger partial charge in [-0.15, -0.1) is 0 Å². The van der Waals surface area contributed by atoms with E-state index >= 15 is 0 Å². The maximum absolute atomic E-state index is 12.5. The van der Waals surface area contributed by atoms with Crippen LogP contribution in [0.15, 0.2) is 0 Å². The van der Waals surface area contributed by atoms with Gasteiger partial charge in [-0.2, -0.15) is 0 Å². The number of nitrogens with one attached hydrogen (secondary N) is 1. The number of nitrogen functional groups attached to an aromatic ring is 1. The van der Waals surface area contributed by atoms with E-state index in [1.165, 1.54) is 11.3 Å². The SMILES string of the molecule is CNc1nc(N)c(C(=O)N(CC(C)C)C(C)C)s1. The predicted octanol–water partition coefficient (Wildman–Crippen LogP) is 2.27. The number of carbonyl (C=O) groups excluding carboxylic acids is 1. The molecule has 0 saturated carbocycles. The highest BCUT2D eigenvalue weighted by molar-refractivity contribution is 7.18. The van der Waals surface area contributed by atoms with Gasteiger partial charge < -0.3 is 16.0 Å². The summed E-state index contributed by atoms with van der Waals surface area (Å²) in [4.78, 5) is 18.9. The summed E-state index contributed by atoms with van der Waals surface area (Å²) in [5.74, 6) is 0.702. The maximum atomic E-state index is 12.5. The van der Waals surface area contributed by atoms with Crippen LogP contribution in [0.4, 0.5) is 10.9 Å². The Morgan fingerprint density at radius 1 is 1.44 bits per heavy atom. The molecule has 102 valence electrons. The molecule has 6 heteroatoms. The Morgan fingerprint density at radius 3 is 2.44 bits per heavy atom. The quantitative estimate of drug-likeness (QED) is 0.861. The van der Waals surface area contributed by atoms with Crippen LogP contribution in [0.2, 0.25) is 0 Å². The number of rotatable bonds is 5. The van der Waals surface area contributed by atoms with Crippen molar-refractivity contribution in [3.63, 3.8) is 0 Å². The van der Waals surface area contributed by atoms with Gasteiger partial charge in [-0.25, -0.2) is 4.98 Å². The first kappa shape index (κ1) is 14.8. The Labute approximate surface area is 112 Å². The van der Waals surface area contributed by atoms with Crippen LogP contribution < -0.4 is 11.1 Å². The molecule has 1 amide bonds. The number of amides is 1. The summed E-state index contributed by atoms with van der Waals surface area (Å²) >= 11 is 1.30. The van der Waals surface area contributed by atoms with Gasteiger partial charge in [0.05, 0.1) is 0 Å². The second-order valence-electron chi connectivity index (χ2n) is 4.93.